The van der Waals surface area contributed by atoms with Crippen LogP contribution in [0.1, 0.15) is 5.56 Å². The minimum absolute atomic E-state index is 0.148. The van der Waals surface area contributed by atoms with Crippen molar-refractivity contribution in [2.24, 2.45) is 7.05 Å². The largest absolute Gasteiger partial charge is 0.496 e. The molecule has 3 rings (SSSR count). The van der Waals surface area contributed by atoms with Gasteiger partial charge in [-0.1, -0.05) is 11.6 Å². The number of methoxy groups -OCH3 is 1. The van der Waals surface area contributed by atoms with E-state index in [4.69, 9.17) is 16.3 Å². The van der Waals surface area contributed by atoms with E-state index in [9.17, 15) is 18.0 Å². The Kier molecular flexibility index (Phi) is 4.53. The molecule has 2 aromatic carbocycles. The Bertz CT molecular complexity index is 1020. The molecule has 0 radical (unpaired) electrons. The maximum absolute atomic E-state index is 13.5. The van der Waals surface area contributed by atoms with E-state index < -0.39 is 17.4 Å². The molecule has 0 aliphatic rings. The van der Waals surface area contributed by atoms with E-state index in [0.717, 1.165) is 15.3 Å². The Labute approximate surface area is 151 Å². The van der Waals surface area contributed by atoms with Crippen LogP contribution in [-0.2, 0) is 13.2 Å². The Morgan fingerprint density at radius 3 is 2.42 bits per heavy atom. The molecule has 0 amide bonds. The van der Waals surface area contributed by atoms with Gasteiger partial charge in [0.2, 0.25) is 0 Å². The number of alkyl halides is 3. The monoisotopic (exact) mass is 383 g/mol. The Hall–Kier alpha value is -2.74. The number of rotatable bonds is 3. The first kappa shape index (κ1) is 18.1. The number of nitrogens with zero attached hydrogens (tertiary/aromatic N) is 3. The van der Waals surface area contributed by atoms with Gasteiger partial charge in [-0.3, -0.25) is 0 Å². The molecule has 0 saturated heterocycles. The number of halogens is 4. The molecule has 1 aromatic heterocycles. The summed E-state index contributed by atoms with van der Waals surface area (Å²) in [5, 5.41) is 4.07. The van der Waals surface area contributed by atoms with Gasteiger partial charge in [0, 0.05) is 17.6 Å². The number of ether oxygens (including phenoxy) is 1. The first-order chi connectivity index (χ1) is 12.2. The van der Waals surface area contributed by atoms with Gasteiger partial charge >= 0.3 is 11.9 Å². The lowest BCUT2D eigenvalue weighted by Crippen LogP contribution is -2.21. The van der Waals surface area contributed by atoms with Crippen molar-refractivity contribution in [3.63, 3.8) is 0 Å². The summed E-state index contributed by atoms with van der Waals surface area (Å²) in [6.07, 6.45) is -3.36. The fourth-order valence-corrected chi connectivity index (χ4v) is 2.78. The summed E-state index contributed by atoms with van der Waals surface area (Å²) in [5.41, 5.74) is -1.07. The van der Waals surface area contributed by atoms with Crippen LogP contribution in [0.5, 0.6) is 5.75 Å². The molecule has 0 bridgehead atoms. The van der Waals surface area contributed by atoms with E-state index in [1.165, 1.54) is 50.8 Å². The van der Waals surface area contributed by atoms with Gasteiger partial charge in [-0.05, 0) is 42.0 Å². The van der Waals surface area contributed by atoms with Crippen LogP contribution in [0.4, 0.5) is 13.2 Å². The van der Waals surface area contributed by atoms with Crippen LogP contribution >= 0.6 is 11.6 Å². The first-order valence-corrected chi connectivity index (χ1v) is 7.76. The number of benzene rings is 2. The van der Waals surface area contributed by atoms with Crippen molar-refractivity contribution in [1.82, 2.24) is 14.3 Å². The smallest absolute Gasteiger partial charge is 0.417 e. The fraction of sp³-hybridized carbons (Fsp3) is 0.176. The first-order valence-electron chi connectivity index (χ1n) is 7.38. The third-order valence-corrected chi connectivity index (χ3v) is 4.10. The predicted molar refractivity (Wildman–Crippen MR) is 90.8 cm³/mol. The van der Waals surface area contributed by atoms with Crippen molar-refractivity contribution in [3.05, 3.63) is 63.8 Å². The van der Waals surface area contributed by atoms with Gasteiger partial charge in [0.25, 0.3) is 0 Å². The molecule has 0 atom stereocenters. The van der Waals surface area contributed by atoms with E-state index in [-0.39, 0.29) is 27.6 Å². The van der Waals surface area contributed by atoms with E-state index in [1.807, 2.05) is 0 Å². The highest BCUT2D eigenvalue weighted by molar-refractivity contribution is 6.31. The summed E-state index contributed by atoms with van der Waals surface area (Å²) >= 11 is 5.97. The molecule has 0 spiro atoms. The van der Waals surface area contributed by atoms with Gasteiger partial charge in [0.05, 0.1) is 18.4 Å². The SMILES string of the molecule is COc1ccc(Cl)cc1-c1cc(-n2cnn(C)c2=O)ccc1C(F)(F)F. The summed E-state index contributed by atoms with van der Waals surface area (Å²) in [6.45, 7) is 0. The van der Waals surface area contributed by atoms with Crippen molar-refractivity contribution >= 4 is 11.6 Å². The third kappa shape index (κ3) is 3.20. The lowest BCUT2D eigenvalue weighted by molar-refractivity contribution is -0.137. The van der Waals surface area contributed by atoms with E-state index in [1.54, 1.807) is 0 Å². The molecule has 9 heteroatoms. The predicted octanol–water partition coefficient (Wildman–Crippen LogP) is 3.92. The van der Waals surface area contributed by atoms with Crippen LogP contribution in [0.3, 0.4) is 0 Å². The second kappa shape index (κ2) is 6.53. The highest BCUT2D eigenvalue weighted by atomic mass is 35.5. The maximum atomic E-state index is 13.5. The second-order valence-corrected chi connectivity index (χ2v) is 5.92. The average Bonchev–Trinajstić information content (AvgIpc) is 2.92. The van der Waals surface area contributed by atoms with E-state index >= 15 is 0 Å². The van der Waals surface area contributed by atoms with Crippen molar-refractivity contribution in [2.75, 3.05) is 7.11 Å². The van der Waals surface area contributed by atoms with Crippen molar-refractivity contribution in [1.29, 1.82) is 0 Å². The van der Waals surface area contributed by atoms with Gasteiger partial charge in [-0.25, -0.2) is 14.0 Å². The van der Waals surface area contributed by atoms with Gasteiger partial charge in [0.15, 0.2) is 0 Å². The van der Waals surface area contributed by atoms with Crippen LogP contribution < -0.4 is 10.4 Å². The van der Waals surface area contributed by atoms with Crippen molar-refractivity contribution in [3.8, 4) is 22.6 Å². The van der Waals surface area contributed by atoms with Crippen LogP contribution in [0.2, 0.25) is 5.02 Å². The zero-order chi connectivity index (χ0) is 19.1. The maximum Gasteiger partial charge on any atom is 0.417 e. The van der Waals surface area contributed by atoms with Crippen LogP contribution in [0, 0.1) is 0 Å². The van der Waals surface area contributed by atoms with Gasteiger partial charge in [0.1, 0.15) is 12.1 Å². The van der Waals surface area contributed by atoms with Gasteiger partial charge in [-0.2, -0.15) is 18.3 Å². The molecule has 5 nitrogen and oxygen atoms in total. The zero-order valence-electron chi connectivity index (χ0n) is 13.7. The molecule has 26 heavy (non-hydrogen) atoms. The molecule has 0 N–H and O–H groups in total. The highest BCUT2D eigenvalue weighted by Crippen LogP contribution is 2.42. The average molecular weight is 384 g/mol. The molecular weight excluding hydrogens is 371 g/mol. The molecular formula is C17H13ClF3N3O2. The third-order valence-electron chi connectivity index (χ3n) is 3.86. The van der Waals surface area contributed by atoms with Gasteiger partial charge < -0.3 is 4.74 Å². The summed E-state index contributed by atoms with van der Waals surface area (Å²) in [4.78, 5) is 12.1. The Morgan fingerprint density at radius 1 is 1.12 bits per heavy atom. The van der Waals surface area contributed by atoms with Gasteiger partial charge in [-0.15, -0.1) is 0 Å². The number of hydrogen-bond donors (Lipinski definition) is 0. The van der Waals surface area contributed by atoms with Crippen molar-refractivity contribution in [2.45, 2.75) is 6.18 Å². The second-order valence-electron chi connectivity index (χ2n) is 5.48. The standard InChI is InChI=1S/C17H13ClF3N3O2/c1-23-16(25)24(9-22-23)11-4-5-14(17(19,20)21)12(8-11)13-7-10(18)3-6-15(13)26-2/h3-9H,1-2H3. The normalized spacial score (nSPS) is 11.6. The molecule has 0 aliphatic carbocycles. The summed E-state index contributed by atoms with van der Waals surface area (Å²) < 4.78 is 48.0. The fourth-order valence-electron chi connectivity index (χ4n) is 2.60. The van der Waals surface area contributed by atoms with Crippen LogP contribution in [0.15, 0.2) is 47.5 Å². The lowest BCUT2D eigenvalue weighted by atomic mass is 9.97. The molecule has 0 unspecified atom stereocenters. The molecule has 1 heterocycles. The van der Waals surface area contributed by atoms with E-state index in [0.29, 0.717) is 0 Å². The van der Waals surface area contributed by atoms with Crippen LogP contribution in [-0.4, -0.2) is 21.5 Å². The number of aryl methyl sites for hydroxylation is 1. The summed E-state index contributed by atoms with van der Waals surface area (Å²) in [7, 11) is 2.80. The highest BCUT2D eigenvalue weighted by Gasteiger charge is 2.34. The topological polar surface area (TPSA) is 49.0 Å². The quantitative estimate of drug-likeness (QED) is 0.688. The molecule has 0 fully saturated rings. The minimum atomic E-state index is -4.60. The molecule has 0 aliphatic heterocycles. The number of hydrogen-bond acceptors (Lipinski definition) is 3. The zero-order valence-corrected chi connectivity index (χ0v) is 14.5. The van der Waals surface area contributed by atoms with Crippen LogP contribution in [0.25, 0.3) is 16.8 Å². The van der Waals surface area contributed by atoms with Crippen molar-refractivity contribution < 1.29 is 17.9 Å². The number of aromatic nitrogens is 3. The Morgan fingerprint density at radius 2 is 1.85 bits per heavy atom. The Balaban J connectivity index is 2.31. The molecule has 3 aromatic rings. The molecule has 136 valence electrons. The van der Waals surface area contributed by atoms with E-state index in [2.05, 4.69) is 5.10 Å². The summed E-state index contributed by atoms with van der Waals surface area (Å²) in [5.74, 6) is 0.232. The lowest BCUT2D eigenvalue weighted by Gasteiger charge is -2.17. The summed E-state index contributed by atoms with van der Waals surface area (Å²) in [6, 6.07) is 7.80. The minimum Gasteiger partial charge on any atom is -0.496 e. The molecule has 0 saturated carbocycles.